The zero-order chi connectivity index (χ0) is 44.4. The summed E-state index contributed by atoms with van der Waals surface area (Å²) in [4.78, 5) is 10.1. The van der Waals surface area contributed by atoms with Gasteiger partial charge in [0, 0.05) is 21.7 Å². The third-order valence-corrected chi connectivity index (χ3v) is 9.62. The third-order valence-electron chi connectivity index (χ3n) is 9.62. The van der Waals surface area contributed by atoms with Crippen molar-refractivity contribution in [2.24, 2.45) is 0 Å². The minimum Gasteiger partial charge on any atom is -0.665 e. The van der Waals surface area contributed by atoms with E-state index < -0.39 is 25.0 Å². The molecule has 55 heavy (non-hydrogen) atoms. The van der Waals surface area contributed by atoms with Gasteiger partial charge in [-0.1, -0.05) is 123 Å². The Morgan fingerprint density at radius 3 is 2.27 bits per heavy atom. The van der Waals surface area contributed by atoms with Gasteiger partial charge >= 0.3 is 21.1 Å². The summed E-state index contributed by atoms with van der Waals surface area (Å²) in [6, 6.07) is 34.2. The smallest absolute Gasteiger partial charge is 0.665 e. The molecular formula is C50H43N3OPt. The summed E-state index contributed by atoms with van der Waals surface area (Å²) in [5.74, 6) is 1.07. The number of para-hydroxylation sites is 1. The first-order chi connectivity index (χ1) is 29.3. The van der Waals surface area contributed by atoms with Crippen molar-refractivity contribution in [1.82, 2.24) is 14.5 Å². The second-order valence-corrected chi connectivity index (χ2v) is 14.6. The molecule has 0 aliphatic heterocycles. The third kappa shape index (κ3) is 7.44. The molecule has 0 saturated heterocycles. The number of hydrogen-bond donors (Lipinski definition) is 0. The maximum atomic E-state index is 8.63. The Hall–Kier alpha value is -5.57. The fraction of sp³-hybridized carbons (Fsp3) is 0.140. The normalized spacial score (nSPS) is 13.7. The average molecular weight is 905 g/mol. The summed E-state index contributed by atoms with van der Waals surface area (Å²) >= 11 is 0. The van der Waals surface area contributed by atoms with Gasteiger partial charge in [0.25, 0.3) is 0 Å². The van der Waals surface area contributed by atoms with Crippen molar-refractivity contribution in [1.29, 1.82) is 0 Å². The predicted octanol–water partition coefficient (Wildman–Crippen LogP) is 12.9. The molecule has 0 spiro atoms. The number of nitrogens with zero attached hydrogens (tertiary/aromatic N) is 3. The Labute approximate surface area is 350 Å². The Morgan fingerprint density at radius 2 is 1.53 bits per heavy atom. The predicted molar refractivity (Wildman–Crippen MR) is 224 cm³/mol. The van der Waals surface area contributed by atoms with Crippen LogP contribution in [0, 0.1) is 33.9 Å². The summed E-state index contributed by atoms with van der Waals surface area (Å²) in [6.45, 7) is 7.89. The van der Waals surface area contributed by atoms with Gasteiger partial charge in [0.15, 0.2) is 0 Å². The summed E-state index contributed by atoms with van der Waals surface area (Å²) in [7, 11) is 3.80. The van der Waals surface area contributed by atoms with E-state index in [1.807, 2.05) is 91.2 Å². The molecule has 0 aliphatic rings. The average Bonchev–Trinajstić information content (AvgIpc) is 3.64. The van der Waals surface area contributed by atoms with Gasteiger partial charge in [-0.15, -0.1) is 29.3 Å². The number of aryl methyl sites for hydroxylation is 3. The minimum atomic E-state index is -2.41. The van der Waals surface area contributed by atoms with E-state index >= 15 is 0 Å². The van der Waals surface area contributed by atoms with Crippen molar-refractivity contribution >= 4 is 11.0 Å². The number of benzene rings is 6. The van der Waals surface area contributed by atoms with Gasteiger partial charge in [0.2, 0.25) is 0 Å². The van der Waals surface area contributed by atoms with E-state index in [0.29, 0.717) is 50.7 Å². The molecule has 0 radical (unpaired) electrons. The van der Waals surface area contributed by atoms with E-state index in [4.69, 9.17) is 25.7 Å². The van der Waals surface area contributed by atoms with E-state index in [0.717, 1.165) is 38.9 Å². The molecule has 0 unspecified atom stereocenters. The Balaban J connectivity index is 0.00000595. The molecular weight excluding hydrogens is 854 g/mol. The van der Waals surface area contributed by atoms with Gasteiger partial charge in [-0.2, -0.15) is 7.11 Å². The summed E-state index contributed by atoms with van der Waals surface area (Å²) in [5, 5.41) is 0. The van der Waals surface area contributed by atoms with Crippen molar-refractivity contribution in [3.8, 4) is 67.5 Å². The van der Waals surface area contributed by atoms with Crippen LogP contribution < -0.4 is 4.74 Å². The fourth-order valence-electron chi connectivity index (χ4n) is 7.02. The SMILES string of the molecule is [2H]c1c([2H])c([2H])c(-c2ccnc(-c3[c-]c(-c4cccc5c4nc(-c4cc(C)cc(C)c4O[CH2-])n5-c4cc(-c5ccccc5)cc(C([2H])([2H])[2H])c4)cc(C(C)(C)C)c3)c2)c([2H])c1[2H].[Pt+2]. The van der Waals surface area contributed by atoms with Crippen LogP contribution in [0.4, 0.5) is 0 Å². The molecule has 2 heterocycles. The van der Waals surface area contributed by atoms with Crippen LogP contribution >= 0.6 is 0 Å². The first-order valence-electron chi connectivity index (χ1n) is 21.7. The van der Waals surface area contributed by atoms with E-state index in [2.05, 4.69) is 40.0 Å². The van der Waals surface area contributed by atoms with Crippen molar-refractivity contribution in [2.45, 2.75) is 46.9 Å². The zero-order valence-electron chi connectivity index (χ0n) is 39.2. The summed E-state index contributed by atoms with van der Waals surface area (Å²) in [6.07, 6.45) is 1.57. The first kappa shape index (κ1) is 28.8. The molecule has 5 heteroatoms. The van der Waals surface area contributed by atoms with Crippen LogP contribution in [0.2, 0.25) is 0 Å². The molecule has 0 N–H and O–H groups in total. The molecule has 2 aromatic heterocycles. The summed E-state index contributed by atoms with van der Waals surface area (Å²) < 4.78 is 75.2. The van der Waals surface area contributed by atoms with E-state index in [1.165, 1.54) is 0 Å². The van der Waals surface area contributed by atoms with Crippen LogP contribution in [0.3, 0.4) is 0 Å². The molecule has 0 bridgehead atoms. The molecule has 0 aliphatic carbocycles. The topological polar surface area (TPSA) is 39.9 Å². The van der Waals surface area contributed by atoms with Crippen LogP contribution in [-0.4, -0.2) is 14.5 Å². The molecule has 0 amide bonds. The number of rotatable bonds is 7. The molecule has 8 aromatic rings. The van der Waals surface area contributed by atoms with Gasteiger partial charge in [-0.25, -0.2) is 4.98 Å². The minimum absolute atomic E-state index is 0. The second kappa shape index (κ2) is 15.3. The van der Waals surface area contributed by atoms with Gasteiger partial charge in [-0.3, -0.25) is 9.55 Å². The van der Waals surface area contributed by atoms with Crippen molar-refractivity contribution < 1.29 is 36.8 Å². The number of fused-ring (bicyclic) bond motifs is 1. The molecule has 0 saturated carbocycles. The maximum absolute atomic E-state index is 8.63. The zero-order valence-corrected chi connectivity index (χ0v) is 33.4. The monoisotopic (exact) mass is 904 g/mol. The van der Waals surface area contributed by atoms with Crippen LogP contribution in [0.25, 0.3) is 72.7 Å². The van der Waals surface area contributed by atoms with Crippen molar-refractivity contribution in [3.05, 3.63) is 175 Å². The number of aromatic nitrogens is 3. The van der Waals surface area contributed by atoms with Gasteiger partial charge in [0.05, 0.1) is 29.2 Å². The van der Waals surface area contributed by atoms with E-state index in [9.17, 15) is 0 Å². The summed E-state index contributed by atoms with van der Waals surface area (Å²) in [5.41, 5.74) is 10.0. The van der Waals surface area contributed by atoms with Gasteiger partial charge < -0.3 is 4.74 Å². The molecule has 8 rings (SSSR count). The molecule has 0 fully saturated rings. The van der Waals surface area contributed by atoms with Gasteiger partial charge in [0.1, 0.15) is 5.82 Å². The van der Waals surface area contributed by atoms with Crippen LogP contribution in [-0.2, 0) is 26.5 Å². The molecule has 4 nitrogen and oxygen atoms in total. The van der Waals surface area contributed by atoms with Crippen LogP contribution in [0.5, 0.6) is 5.75 Å². The Morgan fingerprint density at radius 1 is 0.745 bits per heavy atom. The number of hydrogen-bond acceptors (Lipinski definition) is 3. The number of pyridine rings is 1. The maximum Gasteiger partial charge on any atom is 2.00 e. The fourth-order valence-corrected chi connectivity index (χ4v) is 7.02. The second-order valence-electron chi connectivity index (χ2n) is 14.6. The van der Waals surface area contributed by atoms with Crippen molar-refractivity contribution in [2.75, 3.05) is 0 Å². The van der Waals surface area contributed by atoms with Crippen LogP contribution in [0.1, 0.15) is 54.0 Å². The molecule has 0 atom stereocenters. The largest absolute Gasteiger partial charge is 2.00 e. The first-order valence-corrected chi connectivity index (χ1v) is 17.7. The number of imidazole rings is 1. The molecule has 274 valence electrons. The Bertz CT molecular complexity index is 3040. The Kier molecular flexibility index (Phi) is 8.01. The van der Waals surface area contributed by atoms with E-state index in [-0.39, 0.29) is 49.7 Å². The molecule has 6 aromatic carbocycles. The van der Waals surface area contributed by atoms with Crippen LogP contribution in [0.15, 0.2) is 140 Å². The van der Waals surface area contributed by atoms with Crippen molar-refractivity contribution in [3.63, 3.8) is 0 Å². The van der Waals surface area contributed by atoms with Gasteiger partial charge in [-0.05, 0) is 95.4 Å². The standard InChI is InChI=1S/C50H43N3O.Pt/c1-32-23-34(3)48(54-7)44(26-32)49-52-47-43(19-14-20-46(47)53(49)42-25-33(2)24-38(30-42)36-17-12-9-13-18-36)39-27-40(29-41(28-39)50(4,5)6)45-31-37(21-22-51-45)35-15-10-8-11-16-35;/h8-26,28-31H,7H2,1-6H3;/q-2;+2/i2D3,8D,10D,11D,15D,16D;. The number of ether oxygens (including phenoxy) is 1. The van der Waals surface area contributed by atoms with E-state index in [1.54, 1.807) is 30.5 Å². The quantitative estimate of drug-likeness (QED) is 0.150.